The first-order chi connectivity index (χ1) is 9.52. The maximum atomic E-state index is 12.1. The van der Waals surface area contributed by atoms with Crippen molar-refractivity contribution in [1.82, 2.24) is 15.1 Å². The summed E-state index contributed by atoms with van der Waals surface area (Å²) in [5, 5.41) is 11.5. The Hall–Kier alpha value is -1.34. The second-order valence-corrected chi connectivity index (χ2v) is 5.53. The van der Waals surface area contributed by atoms with Crippen LogP contribution in [0.1, 0.15) is 19.3 Å². The van der Waals surface area contributed by atoms with Crippen LogP contribution in [0.25, 0.3) is 0 Å². The molecule has 7 heteroatoms. The third-order valence-electron chi connectivity index (χ3n) is 4.43. The van der Waals surface area contributed by atoms with Crippen LogP contribution in [-0.2, 0) is 9.53 Å². The second-order valence-electron chi connectivity index (χ2n) is 5.53. The predicted molar refractivity (Wildman–Crippen MR) is 72.6 cm³/mol. The van der Waals surface area contributed by atoms with Gasteiger partial charge in [-0.3, -0.25) is 4.90 Å². The molecule has 20 heavy (non-hydrogen) atoms. The summed E-state index contributed by atoms with van der Waals surface area (Å²) in [6.45, 7) is 1.43. The molecular weight excluding hydrogens is 262 g/mol. The highest BCUT2D eigenvalue weighted by atomic mass is 16.5. The number of carboxylic acid groups (broad SMARTS) is 1. The lowest BCUT2D eigenvalue weighted by molar-refractivity contribution is -0.148. The topological polar surface area (TPSA) is 82.1 Å². The molecule has 114 valence electrons. The van der Waals surface area contributed by atoms with Gasteiger partial charge in [-0.25, -0.2) is 9.59 Å². The van der Waals surface area contributed by atoms with Gasteiger partial charge in [-0.1, -0.05) is 0 Å². The fourth-order valence-corrected chi connectivity index (χ4v) is 3.06. The number of rotatable bonds is 4. The molecule has 2 N–H and O–H groups in total. The van der Waals surface area contributed by atoms with E-state index in [9.17, 15) is 9.59 Å². The van der Waals surface area contributed by atoms with Gasteiger partial charge in [-0.2, -0.15) is 0 Å². The molecule has 0 aromatic heterocycles. The molecule has 2 aliphatic heterocycles. The number of amides is 2. The normalized spacial score (nSPS) is 28.0. The van der Waals surface area contributed by atoms with Crippen molar-refractivity contribution < 1.29 is 19.4 Å². The molecule has 0 aromatic rings. The molecule has 2 amide bonds. The molecule has 0 aliphatic carbocycles. The fourth-order valence-electron chi connectivity index (χ4n) is 3.06. The molecule has 2 aliphatic rings. The first-order valence-electron chi connectivity index (χ1n) is 7.03. The molecule has 0 aromatic carbocycles. The Kier molecular flexibility index (Phi) is 4.82. The number of likely N-dealkylation sites (tertiary alicyclic amines) is 1. The van der Waals surface area contributed by atoms with Crippen LogP contribution in [0.15, 0.2) is 0 Å². The Morgan fingerprint density at radius 3 is 2.70 bits per heavy atom. The molecule has 7 nitrogen and oxygen atoms in total. The number of ether oxygens (including phenoxy) is 1. The van der Waals surface area contributed by atoms with Gasteiger partial charge in [-0.05, 0) is 26.3 Å². The van der Waals surface area contributed by atoms with Crippen molar-refractivity contribution in [2.45, 2.75) is 37.5 Å². The van der Waals surface area contributed by atoms with Crippen LogP contribution in [0.4, 0.5) is 4.79 Å². The van der Waals surface area contributed by atoms with Crippen LogP contribution >= 0.6 is 0 Å². The Balaban J connectivity index is 1.85. The van der Waals surface area contributed by atoms with Crippen molar-refractivity contribution in [2.75, 3.05) is 33.8 Å². The number of carboxylic acids is 1. The van der Waals surface area contributed by atoms with Crippen LogP contribution in [0.5, 0.6) is 0 Å². The fraction of sp³-hybridized carbons (Fsp3) is 0.846. The van der Waals surface area contributed by atoms with Gasteiger partial charge in [0.2, 0.25) is 0 Å². The van der Waals surface area contributed by atoms with Crippen molar-refractivity contribution in [1.29, 1.82) is 0 Å². The molecule has 0 radical (unpaired) electrons. The summed E-state index contributed by atoms with van der Waals surface area (Å²) in [5.74, 6) is -1.07. The third kappa shape index (κ3) is 3.21. The number of urea groups is 1. The van der Waals surface area contributed by atoms with Crippen molar-refractivity contribution in [3.05, 3.63) is 0 Å². The standard InChI is InChI=1S/C13H23N3O4/c1-15-9-3-4-10(15)8-16(6-5-9)13(19)14-7-11(20-2)12(17)18/h9-11H,3-8H2,1-2H3,(H,14,19)(H,17,18). The molecule has 0 saturated carbocycles. The quantitative estimate of drug-likeness (QED) is 0.757. The number of likely N-dealkylation sites (N-methyl/N-ethyl adjacent to an activating group) is 1. The minimum absolute atomic E-state index is 0.00883. The highest BCUT2D eigenvalue weighted by Gasteiger charge is 2.36. The number of nitrogens with one attached hydrogen (secondary N) is 1. The van der Waals surface area contributed by atoms with Crippen LogP contribution in [0.2, 0.25) is 0 Å². The Morgan fingerprint density at radius 2 is 2.05 bits per heavy atom. The predicted octanol–water partition coefficient (Wildman–Crippen LogP) is -0.0359. The number of hydrogen-bond donors (Lipinski definition) is 2. The van der Waals surface area contributed by atoms with Gasteiger partial charge >= 0.3 is 12.0 Å². The van der Waals surface area contributed by atoms with Gasteiger partial charge in [-0.15, -0.1) is 0 Å². The Labute approximate surface area is 118 Å². The average Bonchev–Trinajstić information content (AvgIpc) is 2.63. The largest absolute Gasteiger partial charge is 0.479 e. The van der Waals surface area contributed by atoms with Gasteiger partial charge in [0, 0.05) is 32.3 Å². The maximum absolute atomic E-state index is 12.1. The lowest BCUT2D eigenvalue weighted by Gasteiger charge is -2.26. The minimum atomic E-state index is -1.07. The van der Waals surface area contributed by atoms with Gasteiger partial charge in [0.05, 0.1) is 6.54 Å². The molecule has 2 bridgehead atoms. The molecule has 3 unspecified atom stereocenters. The van der Waals surface area contributed by atoms with E-state index in [1.807, 2.05) is 0 Å². The number of methoxy groups -OCH3 is 1. The summed E-state index contributed by atoms with van der Waals surface area (Å²) < 4.78 is 4.80. The van der Waals surface area contributed by atoms with E-state index in [0.29, 0.717) is 18.6 Å². The molecule has 2 rings (SSSR count). The second kappa shape index (κ2) is 6.41. The van der Waals surface area contributed by atoms with Gasteiger partial charge in [0.1, 0.15) is 0 Å². The van der Waals surface area contributed by atoms with Crippen molar-refractivity contribution in [2.24, 2.45) is 0 Å². The van der Waals surface area contributed by atoms with Crippen molar-refractivity contribution >= 4 is 12.0 Å². The SMILES string of the molecule is COC(CNC(=O)N1CCC2CCC(C1)N2C)C(=O)O. The van der Waals surface area contributed by atoms with E-state index in [4.69, 9.17) is 9.84 Å². The molecule has 0 spiro atoms. The van der Waals surface area contributed by atoms with Crippen LogP contribution in [-0.4, -0.2) is 78.9 Å². The van der Waals surface area contributed by atoms with Crippen molar-refractivity contribution in [3.8, 4) is 0 Å². The van der Waals surface area contributed by atoms with Gasteiger partial charge in [0.25, 0.3) is 0 Å². The first kappa shape index (κ1) is 15.1. The molecule has 3 atom stereocenters. The van der Waals surface area contributed by atoms with Crippen LogP contribution in [0.3, 0.4) is 0 Å². The van der Waals surface area contributed by atoms with Crippen molar-refractivity contribution in [3.63, 3.8) is 0 Å². The number of nitrogens with zero attached hydrogens (tertiary/aromatic N) is 2. The lowest BCUT2D eigenvalue weighted by atomic mass is 10.1. The van der Waals surface area contributed by atoms with Gasteiger partial charge < -0.3 is 20.1 Å². The summed E-state index contributed by atoms with van der Waals surface area (Å²) in [5.41, 5.74) is 0. The third-order valence-corrected chi connectivity index (χ3v) is 4.43. The van der Waals surface area contributed by atoms with E-state index in [0.717, 1.165) is 19.4 Å². The van der Waals surface area contributed by atoms with E-state index >= 15 is 0 Å². The number of hydrogen-bond acceptors (Lipinski definition) is 4. The Bertz CT molecular complexity index is 377. The summed E-state index contributed by atoms with van der Waals surface area (Å²) >= 11 is 0. The zero-order chi connectivity index (χ0) is 14.7. The van der Waals surface area contributed by atoms with E-state index in [1.165, 1.54) is 13.5 Å². The molecule has 2 heterocycles. The monoisotopic (exact) mass is 285 g/mol. The molecule has 2 saturated heterocycles. The zero-order valence-electron chi connectivity index (χ0n) is 12.0. The molecular formula is C13H23N3O4. The highest BCUT2D eigenvalue weighted by molar-refractivity contribution is 5.77. The van der Waals surface area contributed by atoms with E-state index < -0.39 is 12.1 Å². The number of carbonyl (C=O) groups excluding carboxylic acids is 1. The van der Waals surface area contributed by atoms with E-state index in [1.54, 1.807) is 4.90 Å². The lowest BCUT2D eigenvalue weighted by Crippen LogP contribution is -2.47. The number of fused-ring (bicyclic) bond motifs is 2. The summed E-state index contributed by atoms with van der Waals surface area (Å²) in [6, 6.07) is 0.795. The van der Waals surface area contributed by atoms with Crippen LogP contribution in [0, 0.1) is 0 Å². The Morgan fingerprint density at radius 1 is 1.35 bits per heavy atom. The minimum Gasteiger partial charge on any atom is -0.479 e. The summed E-state index contributed by atoms with van der Waals surface area (Å²) in [7, 11) is 3.44. The van der Waals surface area contributed by atoms with Gasteiger partial charge in [0.15, 0.2) is 6.10 Å². The van der Waals surface area contributed by atoms with E-state index in [-0.39, 0.29) is 12.6 Å². The smallest absolute Gasteiger partial charge is 0.334 e. The maximum Gasteiger partial charge on any atom is 0.334 e. The number of aliphatic carboxylic acids is 1. The zero-order valence-corrected chi connectivity index (χ0v) is 12.0. The average molecular weight is 285 g/mol. The first-order valence-corrected chi connectivity index (χ1v) is 7.03. The highest BCUT2D eigenvalue weighted by Crippen LogP contribution is 2.28. The summed E-state index contributed by atoms with van der Waals surface area (Å²) in [6.07, 6.45) is 2.32. The van der Waals surface area contributed by atoms with Crippen LogP contribution < -0.4 is 5.32 Å². The summed E-state index contributed by atoms with van der Waals surface area (Å²) in [4.78, 5) is 27.1. The van der Waals surface area contributed by atoms with E-state index in [2.05, 4.69) is 17.3 Å². The number of carbonyl (C=O) groups is 2. The molecule has 2 fully saturated rings.